The summed E-state index contributed by atoms with van der Waals surface area (Å²) >= 11 is 0. The highest BCUT2D eigenvalue weighted by Crippen LogP contribution is 2.36. The van der Waals surface area contributed by atoms with Crippen LogP contribution < -0.4 is 5.32 Å². The molecule has 0 spiro atoms. The fourth-order valence-electron chi connectivity index (χ4n) is 3.58. The normalized spacial score (nSPS) is 20.5. The first-order chi connectivity index (χ1) is 11.5. The minimum absolute atomic E-state index is 0.00788. The van der Waals surface area contributed by atoms with Crippen LogP contribution in [0, 0.1) is 12.8 Å². The summed E-state index contributed by atoms with van der Waals surface area (Å²) in [5.41, 5.74) is 2.73. The predicted octanol–water partition coefficient (Wildman–Crippen LogP) is 2.28. The third-order valence-electron chi connectivity index (χ3n) is 4.85. The summed E-state index contributed by atoms with van der Waals surface area (Å²) in [6.45, 7) is 2.41. The average Bonchev–Trinajstić information content (AvgIpc) is 3.05. The summed E-state index contributed by atoms with van der Waals surface area (Å²) in [4.78, 5) is 26.4. The number of benzene rings is 1. The highest BCUT2D eigenvalue weighted by atomic mass is 16.2. The molecule has 5 heteroatoms. The van der Waals surface area contributed by atoms with Gasteiger partial charge in [0.25, 0.3) is 5.91 Å². The van der Waals surface area contributed by atoms with Crippen molar-refractivity contribution in [2.24, 2.45) is 13.0 Å². The van der Waals surface area contributed by atoms with Crippen molar-refractivity contribution in [2.75, 3.05) is 13.6 Å². The molecule has 1 aromatic carbocycles. The second kappa shape index (κ2) is 6.51. The molecule has 1 N–H and O–H groups in total. The van der Waals surface area contributed by atoms with Crippen LogP contribution in [0.1, 0.15) is 34.1 Å². The molecule has 1 saturated heterocycles. The monoisotopic (exact) mass is 325 g/mol. The molecule has 2 aromatic rings. The number of nitrogens with one attached hydrogen (secondary N) is 1. The molecule has 0 bridgehead atoms. The molecule has 0 radical (unpaired) electrons. The number of nitrogens with zero attached hydrogens (tertiary/aromatic N) is 2. The number of rotatable bonds is 4. The lowest BCUT2D eigenvalue weighted by Gasteiger charge is -2.25. The van der Waals surface area contributed by atoms with E-state index >= 15 is 0 Å². The first-order valence-corrected chi connectivity index (χ1v) is 8.19. The largest absolute Gasteiger partial charge is 0.350 e. The van der Waals surface area contributed by atoms with Crippen LogP contribution in [-0.2, 0) is 11.8 Å². The quantitative estimate of drug-likeness (QED) is 0.938. The second-order valence-corrected chi connectivity index (χ2v) is 6.49. The van der Waals surface area contributed by atoms with Crippen molar-refractivity contribution in [1.82, 2.24) is 14.8 Å². The summed E-state index contributed by atoms with van der Waals surface area (Å²) in [6, 6.07) is 11.9. The fraction of sp³-hybridized carbons (Fsp3) is 0.368. The van der Waals surface area contributed by atoms with E-state index < -0.39 is 0 Å². The Morgan fingerprint density at radius 1 is 1.21 bits per heavy atom. The molecule has 1 aliphatic heterocycles. The van der Waals surface area contributed by atoms with Crippen LogP contribution >= 0.6 is 0 Å². The van der Waals surface area contributed by atoms with Gasteiger partial charge in [-0.2, -0.15) is 0 Å². The third-order valence-corrected chi connectivity index (χ3v) is 4.85. The van der Waals surface area contributed by atoms with Crippen molar-refractivity contribution in [3.05, 3.63) is 59.4 Å². The minimum atomic E-state index is -0.0891. The molecule has 2 amide bonds. The number of hydrogen-bond donors (Lipinski definition) is 1. The van der Waals surface area contributed by atoms with Gasteiger partial charge in [0, 0.05) is 39.2 Å². The highest BCUT2D eigenvalue weighted by molar-refractivity contribution is 5.94. The topological polar surface area (TPSA) is 54.3 Å². The molecule has 1 aliphatic rings. The number of aromatic nitrogens is 1. The van der Waals surface area contributed by atoms with Crippen LogP contribution in [0.25, 0.3) is 0 Å². The minimum Gasteiger partial charge on any atom is -0.350 e. The maximum atomic E-state index is 12.5. The zero-order chi connectivity index (χ0) is 17.3. The Morgan fingerprint density at radius 3 is 2.54 bits per heavy atom. The molecule has 5 nitrogen and oxygen atoms in total. The molecule has 2 atom stereocenters. The van der Waals surface area contributed by atoms with Gasteiger partial charge in [-0.15, -0.1) is 0 Å². The Kier molecular flexibility index (Phi) is 4.42. The number of aryl methyl sites for hydroxylation is 2. The average molecular weight is 325 g/mol. The first kappa shape index (κ1) is 16.3. The Hall–Kier alpha value is -2.56. The first-order valence-electron chi connectivity index (χ1n) is 8.19. The predicted molar refractivity (Wildman–Crippen MR) is 92.5 cm³/mol. The molecule has 126 valence electrons. The maximum Gasteiger partial charge on any atom is 0.268 e. The Morgan fingerprint density at radius 2 is 1.92 bits per heavy atom. The van der Waals surface area contributed by atoms with Gasteiger partial charge < -0.3 is 14.8 Å². The summed E-state index contributed by atoms with van der Waals surface area (Å²) in [6.07, 6.45) is 2.34. The SMILES string of the molecule is Cc1ccn(C)c1C(=O)NC[C@@H]1CC(=O)N(C)[C@H]1c1ccccc1. The third kappa shape index (κ3) is 2.94. The van der Waals surface area contributed by atoms with E-state index in [0.717, 1.165) is 11.1 Å². The van der Waals surface area contributed by atoms with Crippen LogP contribution in [0.5, 0.6) is 0 Å². The van der Waals surface area contributed by atoms with Crippen LogP contribution in [0.3, 0.4) is 0 Å². The van der Waals surface area contributed by atoms with Crippen LogP contribution in [-0.4, -0.2) is 34.9 Å². The van der Waals surface area contributed by atoms with E-state index in [4.69, 9.17) is 0 Å². The summed E-state index contributed by atoms with van der Waals surface area (Å²) in [5.74, 6) is 0.112. The van der Waals surface area contributed by atoms with E-state index in [9.17, 15) is 9.59 Å². The molecule has 24 heavy (non-hydrogen) atoms. The van der Waals surface area contributed by atoms with Crippen LogP contribution in [0.2, 0.25) is 0 Å². The van der Waals surface area contributed by atoms with E-state index in [2.05, 4.69) is 5.32 Å². The zero-order valence-corrected chi connectivity index (χ0v) is 14.3. The summed E-state index contributed by atoms with van der Waals surface area (Å²) < 4.78 is 1.82. The van der Waals surface area contributed by atoms with E-state index in [1.807, 2.05) is 68.2 Å². The van der Waals surface area contributed by atoms with E-state index in [-0.39, 0.29) is 23.8 Å². The van der Waals surface area contributed by atoms with E-state index in [1.54, 1.807) is 4.90 Å². The zero-order valence-electron chi connectivity index (χ0n) is 14.3. The van der Waals surface area contributed by atoms with Gasteiger partial charge in [-0.1, -0.05) is 30.3 Å². The number of carbonyl (C=O) groups is 2. The Bertz CT molecular complexity index is 732. The molecule has 0 unspecified atom stereocenters. The maximum absolute atomic E-state index is 12.5. The summed E-state index contributed by atoms with van der Waals surface area (Å²) in [5, 5.41) is 3.01. The van der Waals surface area contributed by atoms with Gasteiger partial charge in [0.05, 0.1) is 6.04 Å². The standard InChI is InChI=1S/C19H23N3O2/c1-13-9-10-21(2)17(13)19(24)20-12-15-11-16(23)22(3)18(15)14-7-5-4-6-8-14/h4-10,15,18H,11-12H2,1-3H3,(H,20,24)/t15-,18-/m0/s1. The molecule has 3 rings (SSSR count). The van der Waals surface area contributed by atoms with Gasteiger partial charge in [0.2, 0.25) is 5.91 Å². The lowest BCUT2D eigenvalue weighted by Crippen LogP contribution is -2.33. The Labute approximate surface area is 142 Å². The molecule has 2 heterocycles. The van der Waals surface area contributed by atoms with Crippen molar-refractivity contribution in [2.45, 2.75) is 19.4 Å². The lowest BCUT2D eigenvalue weighted by molar-refractivity contribution is -0.127. The van der Waals surface area contributed by atoms with Crippen molar-refractivity contribution >= 4 is 11.8 Å². The molecule has 0 aliphatic carbocycles. The highest BCUT2D eigenvalue weighted by Gasteiger charge is 2.38. The molecular weight excluding hydrogens is 302 g/mol. The van der Waals surface area contributed by atoms with Gasteiger partial charge in [0.15, 0.2) is 0 Å². The molecule has 0 saturated carbocycles. The smallest absolute Gasteiger partial charge is 0.268 e. The number of carbonyl (C=O) groups excluding carboxylic acids is 2. The van der Waals surface area contributed by atoms with E-state index in [0.29, 0.717) is 18.7 Å². The van der Waals surface area contributed by atoms with Crippen molar-refractivity contribution in [1.29, 1.82) is 0 Å². The number of likely N-dealkylation sites (tertiary alicyclic amines) is 1. The Balaban J connectivity index is 1.74. The van der Waals surface area contributed by atoms with E-state index in [1.165, 1.54) is 0 Å². The second-order valence-electron chi connectivity index (χ2n) is 6.49. The van der Waals surface area contributed by atoms with Gasteiger partial charge in [0.1, 0.15) is 5.69 Å². The lowest BCUT2D eigenvalue weighted by atomic mass is 9.93. The summed E-state index contributed by atoms with van der Waals surface area (Å²) in [7, 11) is 3.70. The number of hydrogen-bond acceptors (Lipinski definition) is 2. The van der Waals surface area contributed by atoms with Gasteiger partial charge in [-0.25, -0.2) is 0 Å². The van der Waals surface area contributed by atoms with Gasteiger partial charge >= 0.3 is 0 Å². The van der Waals surface area contributed by atoms with Crippen LogP contribution in [0.4, 0.5) is 0 Å². The molecular formula is C19H23N3O2. The fourth-order valence-corrected chi connectivity index (χ4v) is 3.58. The van der Waals surface area contributed by atoms with Crippen molar-refractivity contribution in [3.8, 4) is 0 Å². The molecule has 1 aromatic heterocycles. The van der Waals surface area contributed by atoms with Crippen molar-refractivity contribution in [3.63, 3.8) is 0 Å². The number of amides is 2. The van der Waals surface area contributed by atoms with Gasteiger partial charge in [-0.05, 0) is 24.1 Å². The molecule has 1 fully saturated rings. The van der Waals surface area contributed by atoms with Crippen molar-refractivity contribution < 1.29 is 9.59 Å². The van der Waals surface area contributed by atoms with Gasteiger partial charge in [-0.3, -0.25) is 9.59 Å². The van der Waals surface area contributed by atoms with Crippen LogP contribution in [0.15, 0.2) is 42.6 Å².